The van der Waals surface area contributed by atoms with Crippen molar-refractivity contribution in [3.63, 3.8) is 0 Å². The molecule has 0 amide bonds. The Hall–Kier alpha value is -2.11. The predicted molar refractivity (Wildman–Crippen MR) is 124 cm³/mol. The van der Waals surface area contributed by atoms with Crippen molar-refractivity contribution in [2.24, 2.45) is 12.0 Å². The minimum absolute atomic E-state index is 0. The van der Waals surface area contributed by atoms with Crippen LogP contribution in [0.5, 0.6) is 11.5 Å². The Kier molecular flexibility index (Phi) is 10.3. The van der Waals surface area contributed by atoms with E-state index in [-0.39, 0.29) is 42.3 Å². The van der Waals surface area contributed by atoms with Crippen LogP contribution in [0, 0.1) is 13.8 Å². The topological polar surface area (TPSA) is 72.7 Å². The smallest absolute Gasteiger partial charge is 0.387 e. The van der Waals surface area contributed by atoms with Crippen LogP contribution in [0.1, 0.15) is 29.4 Å². The molecule has 0 spiro atoms. The molecule has 1 unspecified atom stereocenters. The molecule has 1 aromatic heterocycles. The highest BCUT2D eigenvalue weighted by Gasteiger charge is 2.15. The standard InChI is InChI=1S/C20H29F2N5O2.HI/c1-12(9-17-13(2)26-27(5)14(17)3)25-20(23-4)24-11-15-7-8-16(28-6)10-18(15)29-19(21)22;/h7-8,10,12,19H,9,11H2,1-6H3,(H2,23,24,25);1H. The number of rotatable bonds is 8. The zero-order valence-corrected chi connectivity index (χ0v) is 20.5. The van der Waals surface area contributed by atoms with Gasteiger partial charge in [0, 0.05) is 44.0 Å². The van der Waals surface area contributed by atoms with E-state index in [2.05, 4.69) is 32.4 Å². The summed E-state index contributed by atoms with van der Waals surface area (Å²) >= 11 is 0. The Morgan fingerprint density at radius 3 is 2.53 bits per heavy atom. The number of halogens is 3. The molecule has 10 heteroatoms. The molecule has 1 heterocycles. The summed E-state index contributed by atoms with van der Waals surface area (Å²) in [5.74, 6) is 1.08. The second-order valence-corrected chi connectivity index (χ2v) is 6.80. The molecular weight excluding hydrogens is 507 g/mol. The molecule has 1 atom stereocenters. The maximum Gasteiger partial charge on any atom is 0.387 e. The fourth-order valence-corrected chi connectivity index (χ4v) is 3.09. The van der Waals surface area contributed by atoms with Crippen molar-refractivity contribution < 1.29 is 18.3 Å². The van der Waals surface area contributed by atoms with Crippen LogP contribution in [0.3, 0.4) is 0 Å². The third-order valence-electron chi connectivity index (χ3n) is 4.71. The first-order valence-corrected chi connectivity index (χ1v) is 9.33. The minimum atomic E-state index is -2.91. The van der Waals surface area contributed by atoms with Gasteiger partial charge in [-0.05, 0) is 44.9 Å². The molecule has 1 aromatic carbocycles. The van der Waals surface area contributed by atoms with Gasteiger partial charge in [-0.15, -0.1) is 24.0 Å². The van der Waals surface area contributed by atoms with E-state index in [0.29, 0.717) is 17.3 Å². The Balaban J connectivity index is 0.00000450. The Morgan fingerprint density at radius 1 is 1.30 bits per heavy atom. The van der Waals surface area contributed by atoms with Crippen molar-refractivity contribution in [1.29, 1.82) is 0 Å². The largest absolute Gasteiger partial charge is 0.497 e. The van der Waals surface area contributed by atoms with Crippen LogP contribution in [0.15, 0.2) is 23.2 Å². The van der Waals surface area contributed by atoms with Gasteiger partial charge in [0.2, 0.25) is 0 Å². The summed E-state index contributed by atoms with van der Waals surface area (Å²) in [5, 5.41) is 10.9. The number of benzene rings is 1. The van der Waals surface area contributed by atoms with Crippen LogP contribution in [0.25, 0.3) is 0 Å². The van der Waals surface area contributed by atoms with E-state index in [1.165, 1.54) is 18.7 Å². The number of aromatic nitrogens is 2. The Labute approximate surface area is 193 Å². The summed E-state index contributed by atoms with van der Waals surface area (Å²) in [6.45, 7) is 3.45. The highest BCUT2D eigenvalue weighted by atomic mass is 127. The number of guanidine groups is 1. The van der Waals surface area contributed by atoms with Gasteiger partial charge in [0.05, 0.1) is 12.8 Å². The number of aryl methyl sites for hydroxylation is 2. The fourth-order valence-electron chi connectivity index (χ4n) is 3.09. The summed E-state index contributed by atoms with van der Waals surface area (Å²) in [7, 11) is 5.06. The molecule has 0 radical (unpaired) electrons. The van der Waals surface area contributed by atoms with Crippen molar-refractivity contribution in [3.8, 4) is 11.5 Å². The van der Waals surface area contributed by atoms with Crippen LogP contribution in [0.2, 0.25) is 0 Å². The molecule has 2 rings (SSSR count). The maximum absolute atomic E-state index is 12.7. The van der Waals surface area contributed by atoms with Crippen molar-refractivity contribution in [1.82, 2.24) is 20.4 Å². The van der Waals surface area contributed by atoms with Crippen molar-refractivity contribution in [2.45, 2.75) is 46.4 Å². The highest BCUT2D eigenvalue weighted by Crippen LogP contribution is 2.26. The summed E-state index contributed by atoms with van der Waals surface area (Å²) in [4.78, 5) is 4.22. The summed E-state index contributed by atoms with van der Waals surface area (Å²) in [6.07, 6.45) is 0.786. The molecule has 7 nitrogen and oxygen atoms in total. The second kappa shape index (κ2) is 11.9. The monoisotopic (exact) mass is 537 g/mol. The van der Waals surface area contributed by atoms with Gasteiger partial charge in [0.1, 0.15) is 11.5 Å². The quantitative estimate of drug-likeness (QED) is 0.306. The van der Waals surface area contributed by atoms with Crippen molar-refractivity contribution >= 4 is 29.9 Å². The molecule has 0 saturated heterocycles. The second-order valence-electron chi connectivity index (χ2n) is 6.80. The number of nitrogens with one attached hydrogen (secondary N) is 2. The predicted octanol–water partition coefficient (Wildman–Crippen LogP) is 3.56. The van der Waals surface area contributed by atoms with Gasteiger partial charge in [-0.2, -0.15) is 13.9 Å². The summed E-state index contributed by atoms with van der Waals surface area (Å²) in [5.41, 5.74) is 3.91. The Morgan fingerprint density at radius 2 is 2.00 bits per heavy atom. The van der Waals surface area contributed by atoms with Crippen LogP contribution in [-0.2, 0) is 20.0 Å². The van der Waals surface area contributed by atoms with Gasteiger partial charge in [0.25, 0.3) is 0 Å². The van der Waals surface area contributed by atoms with E-state index in [0.717, 1.165) is 17.8 Å². The molecule has 0 bridgehead atoms. The maximum atomic E-state index is 12.7. The lowest BCUT2D eigenvalue weighted by Crippen LogP contribution is -2.42. The lowest BCUT2D eigenvalue weighted by Gasteiger charge is -2.19. The van der Waals surface area contributed by atoms with E-state index < -0.39 is 6.61 Å². The van der Waals surface area contributed by atoms with Crippen LogP contribution < -0.4 is 20.1 Å². The average Bonchev–Trinajstić information content (AvgIpc) is 2.91. The molecule has 30 heavy (non-hydrogen) atoms. The van der Waals surface area contributed by atoms with E-state index in [1.807, 2.05) is 25.6 Å². The minimum Gasteiger partial charge on any atom is -0.497 e. The van der Waals surface area contributed by atoms with Gasteiger partial charge in [0.15, 0.2) is 5.96 Å². The summed E-state index contributed by atoms with van der Waals surface area (Å²) < 4.78 is 37.0. The molecule has 2 N–H and O–H groups in total. The number of hydrogen-bond acceptors (Lipinski definition) is 4. The molecule has 2 aromatic rings. The van der Waals surface area contributed by atoms with Crippen LogP contribution in [0.4, 0.5) is 8.78 Å². The normalized spacial score (nSPS) is 12.4. The molecule has 0 fully saturated rings. The van der Waals surface area contributed by atoms with Crippen LogP contribution in [-0.4, -0.2) is 42.6 Å². The Bertz CT molecular complexity index is 858. The molecule has 0 aliphatic rings. The van der Waals surface area contributed by atoms with E-state index in [1.54, 1.807) is 19.2 Å². The first-order valence-electron chi connectivity index (χ1n) is 9.33. The number of ether oxygens (including phenoxy) is 2. The molecule has 0 aliphatic heterocycles. The first-order chi connectivity index (χ1) is 13.7. The zero-order chi connectivity index (χ0) is 21.6. The first kappa shape index (κ1) is 25.9. The average molecular weight is 537 g/mol. The highest BCUT2D eigenvalue weighted by molar-refractivity contribution is 14.0. The van der Waals surface area contributed by atoms with Gasteiger partial charge in [-0.3, -0.25) is 9.67 Å². The molecule has 0 aliphatic carbocycles. The van der Waals surface area contributed by atoms with E-state index in [9.17, 15) is 8.78 Å². The number of nitrogens with zero attached hydrogens (tertiary/aromatic N) is 3. The van der Waals surface area contributed by atoms with E-state index in [4.69, 9.17) is 4.74 Å². The lowest BCUT2D eigenvalue weighted by atomic mass is 10.1. The summed E-state index contributed by atoms with van der Waals surface area (Å²) in [6, 6.07) is 4.91. The van der Waals surface area contributed by atoms with Gasteiger partial charge in [-0.1, -0.05) is 0 Å². The number of hydrogen-bond donors (Lipinski definition) is 2. The van der Waals surface area contributed by atoms with Crippen LogP contribution >= 0.6 is 24.0 Å². The third kappa shape index (κ3) is 6.99. The molecular formula is C20H30F2IN5O2. The third-order valence-corrected chi connectivity index (χ3v) is 4.71. The van der Waals surface area contributed by atoms with Gasteiger partial charge >= 0.3 is 6.61 Å². The lowest BCUT2D eigenvalue weighted by molar-refractivity contribution is -0.0505. The van der Waals surface area contributed by atoms with E-state index >= 15 is 0 Å². The van der Waals surface area contributed by atoms with Crippen molar-refractivity contribution in [2.75, 3.05) is 14.2 Å². The number of alkyl halides is 2. The SMILES string of the molecule is CN=C(NCc1ccc(OC)cc1OC(F)F)NC(C)Cc1c(C)nn(C)c1C.I. The molecule has 168 valence electrons. The zero-order valence-electron chi connectivity index (χ0n) is 18.1. The van der Waals surface area contributed by atoms with Crippen molar-refractivity contribution in [3.05, 3.63) is 40.7 Å². The number of methoxy groups -OCH3 is 1. The molecule has 0 saturated carbocycles. The van der Waals surface area contributed by atoms with Gasteiger partial charge in [-0.25, -0.2) is 0 Å². The number of aliphatic imine (C=N–C) groups is 1. The van der Waals surface area contributed by atoms with Gasteiger partial charge < -0.3 is 20.1 Å². The fraction of sp³-hybridized carbons (Fsp3) is 0.500.